The van der Waals surface area contributed by atoms with Crippen molar-refractivity contribution in [1.29, 1.82) is 0 Å². The zero-order chi connectivity index (χ0) is 20.1. The van der Waals surface area contributed by atoms with E-state index < -0.39 is 5.97 Å². The van der Waals surface area contributed by atoms with Gasteiger partial charge in [-0.2, -0.15) is 0 Å². The largest absolute Gasteiger partial charge is 0.465 e. The Morgan fingerprint density at radius 2 is 1.97 bits per heavy atom. The first kappa shape index (κ1) is 23.5. The fraction of sp³-hybridized carbons (Fsp3) is 0.632. The van der Waals surface area contributed by atoms with Crippen LogP contribution < -0.4 is 5.32 Å². The van der Waals surface area contributed by atoms with Crippen LogP contribution in [0.3, 0.4) is 0 Å². The highest BCUT2D eigenvalue weighted by Gasteiger charge is 2.31. The molecule has 0 saturated carbocycles. The Kier molecular flexibility index (Phi) is 8.75. The Hall–Kier alpha value is -1.82. The standard InChI is InChI=1S/C19H28N4O5.HI/c1-13-15(18(25)26-3)11-14(28-13)12-21-19(20-2)23-8-6-22(7-9-23)17(24)16-5-4-10-27-16;/h11,16H,4-10,12H2,1-3H3,(H,20,21);1H. The van der Waals surface area contributed by atoms with Crippen LogP contribution in [0.5, 0.6) is 0 Å². The Morgan fingerprint density at radius 3 is 2.55 bits per heavy atom. The summed E-state index contributed by atoms with van der Waals surface area (Å²) in [7, 11) is 3.07. The van der Waals surface area contributed by atoms with Gasteiger partial charge in [0.2, 0.25) is 0 Å². The number of hydrogen-bond acceptors (Lipinski definition) is 6. The normalized spacial score (nSPS) is 19.7. The van der Waals surface area contributed by atoms with Gasteiger partial charge >= 0.3 is 5.97 Å². The number of rotatable bonds is 4. The lowest BCUT2D eigenvalue weighted by atomic mass is 10.2. The van der Waals surface area contributed by atoms with E-state index in [0.717, 1.165) is 18.8 Å². The van der Waals surface area contributed by atoms with Crippen molar-refractivity contribution in [3.05, 3.63) is 23.2 Å². The summed E-state index contributed by atoms with van der Waals surface area (Å²) in [6, 6.07) is 1.68. The summed E-state index contributed by atoms with van der Waals surface area (Å²) in [6.07, 6.45) is 1.50. The lowest BCUT2D eigenvalue weighted by molar-refractivity contribution is -0.142. The van der Waals surface area contributed by atoms with Gasteiger partial charge in [0.1, 0.15) is 23.2 Å². The molecule has 9 nitrogen and oxygen atoms in total. The zero-order valence-electron chi connectivity index (χ0n) is 17.1. The van der Waals surface area contributed by atoms with Gasteiger partial charge in [-0.25, -0.2) is 4.79 Å². The van der Waals surface area contributed by atoms with Crippen LogP contribution in [0.15, 0.2) is 15.5 Å². The molecule has 2 fully saturated rings. The topological polar surface area (TPSA) is 96.6 Å². The van der Waals surface area contributed by atoms with Gasteiger partial charge in [-0.1, -0.05) is 0 Å². The number of aryl methyl sites for hydroxylation is 1. The van der Waals surface area contributed by atoms with E-state index >= 15 is 0 Å². The minimum Gasteiger partial charge on any atom is -0.465 e. The summed E-state index contributed by atoms with van der Waals surface area (Å²) in [5.41, 5.74) is 0.426. The first-order valence-electron chi connectivity index (χ1n) is 9.57. The third-order valence-electron chi connectivity index (χ3n) is 5.10. The molecule has 2 saturated heterocycles. The molecule has 3 heterocycles. The van der Waals surface area contributed by atoms with Crippen LogP contribution in [0.1, 0.15) is 34.7 Å². The van der Waals surface area contributed by atoms with Crippen molar-refractivity contribution >= 4 is 41.8 Å². The van der Waals surface area contributed by atoms with E-state index in [0.29, 0.717) is 56.4 Å². The van der Waals surface area contributed by atoms with E-state index in [1.54, 1.807) is 20.0 Å². The van der Waals surface area contributed by atoms with Gasteiger partial charge in [0.25, 0.3) is 5.91 Å². The van der Waals surface area contributed by atoms with Crippen LogP contribution in [-0.4, -0.2) is 80.7 Å². The number of hydrogen-bond donors (Lipinski definition) is 1. The second-order valence-electron chi connectivity index (χ2n) is 6.89. The van der Waals surface area contributed by atoms with Crippen LogP contribution in [0.4, 0.5) is 0 Å². The highest BCUT2D eigenvalue weighted by Crippen LogP contribution is 2.17. The van der Waals surface area contributed by atoms with Gasteiger partial charge in [0, 0.05) is 39.8 Å². The Balaban J connectivity index is 0.00000300. The minimum absolute atomic E-state index is 0. The summed E-state index contributed by atoms with van der Waals surface area (Å²) in [6.45, 7) is 5.49. The molecular formula is C19H29IN4O5. The molecule has 1 unspecified atom stereocenters. The van der Waals surface area contributed by atoms with Crippen LogP contribution in [0.2, 0.25) is 0 Å². The number of carbonyl (C=O) groups is 2. The average Bonchev–Trinajstić information content (AvgIpc) is 3.38. The molecule has 0 aromatic carbocycles. The van der Waals surface area contributed by atoms with Crippen molar-refractivity contribution in [3.63, 3.8) is 0 Å². The SMILES string of the molecule is CN=C(NCc1cc(C(=O)OC)c(C)o1)N1CCN(C(=O)C2CCCO2)CC1.I. The summed E-state index contributed by atoms with van der Waals surface area (Å²) in [5, 5.41) is 3.25. The Labute approximate surface area is 187 Å². The Bertz CT molecular complexity index is 737. The Morgan fingerprint density at radius 1 is 1.28 bits per heavy atom. The maximum Gasteiger partial charge on any atom is 0.341 e. The molecule has 0 spiro atoms. The van der Waals surface area contributed by atoms with E-state index in [4.69, 9.17) is 13.9 Å². The number of aliphatic imine (C=N–C) groups is 1. The third kappa shape index (κ3) is 5.62. The highest BCUT2D eigenvalue weighted by molar-refractivity contribution is 14.0. The number of ether oxygens (including phenoxy) is 2. The molecule has 1 aromatic heterocycles. The number of piperazine rings is 1. The van der Waals surface area contributed by atoms with Crippen LogP contribution in [0, 0.1) is 6.92 Å². The van der Waals surface area contributed by atoms with Crippen molar-refractivity contribution in [2.75, 3.05) is 46.9 Å². The van der Waals surface area contributed by atoms with E-state index in [-0.39, 0.29) is 36.0 Å². The summed E-state index contributed by atoms with van der Waals surface area (Å²) < 4.78 is 15.9. The number of halogens is 1. The molecule has 0 bridgehead atoms. The first-order valence-corrected chi connectivity index (χ1v) is 9.57. The molecule has 2 aliphatic rings. The summed E-state index contributed by atoms with van der Waals surface area (Å²) in [5.74, 6) is 1.58. The lowest BCUT2D eigenvalue weighted by Crippen LogP contribution is -2.55. The molecule has 0 aliphatic carbocycles. The zero-order valence-corrected chi connectivity index (χ0v) is 19.4. The quantitative estimate of drug-likeness (QED) is 0.278. The van der Waals surface area contributed by atoms with Crippen molar-refractivity contribution in [1.82, 2.24) is 15.1 Å². The number of esters is 1. The van der Waals surface area contributed by atoms with Crippen LogP contribution >= 0.6 is 24.0 Å². The number of nitrogens with zero attached hydrogens (tertiary/aromatic N) is 3. The van der Waals surface area contributed by atoms with Gasteiger partial charge in [-0.05, 0) is 25.8 Å². The molecule has 1 atom stereocenters. The van der Waals surface area contributed by atoms with Crippen molar-refractivity contribution < 1.29 is 23.5 Å². The maximum absolute atomic E-state index is 12.5. The van der Waals surface area contributed by atoms with E-state index in [9.17, 15) is 9.59 Å². The third-order valence-corrected chi connectivity index (χ3v) is 5.10. The molecule has 1 aromatic rings. The molecular weight excluding hydrogens is 491 g/mol. The minimum atomic E-state index is -0.413. The van der Waals surface area contributed by atoms with Crippen LogP contribution in [0.25, 0.3) is 0 Å². The number of amides is 1. The predicted molar refractivity (Wildman–Crippen MR) is 118 cm³/mol. The fourth-order valence-corrected chi connectivity index (χ4v) is 3.56. The van der Waals surface area contributed by atoms with Gasteiger partial charge < -0.3 is 29.0 Å². The molecule has 0 radical (unpaired) electrons. The molecule has 10 heteroatoms. The van der Waals surface area contributed by atoms with E-state index in [2.05, 4.69) is 15.2 Å². The fourth-order valence-electron chi connectivity index (χ4n) is 3.56. The number of methoxy groups -OCH3 is 1. The van der Waals surface area contributed by atoms with Gasteiger partial charge in [0.05, 0.1) is 13.7 Å². The van der Waals surface area contributed by atoms with Gasteiger partial charge in [-0.15, -0.1) is 24.0 Å². The number of furan rings is 1. The number of nitrogens with one attached hydrogen (secondary N) is 1. The maximum atomic E-state index is 12.5. The van der Waals surface area contributed by atoms with Crippen molar-refractivity contribution in [3.8, 4) is 0 Å². The summed E-state index contributed by atoms with van der Waals surface area (Å²) in [4.78, 5) is 32.5. The highest BCUT2D eigenvalue weighted by atomic mass is 127. The van der Waals surface area contributed by atoms with Crippen molar-refractivity contribution in [2.24, 2.45) is 4.99 Å². The van der Waals surface area contributed by atoms with Gasteiger partial charge in [0.15, 0.2) is 5.96 Å². The van der Waals surface area contributed by atoms with Gasteiger partial charge in [-0.3, -0.25) is 9.79 Å². The van der Waals surface area contributed by atoms with E-state index in [1.165, 1.54) is 7.11 Å². The monoisotopic (exact) mass is 520 g/mol. The molecule has 1 amide bonds. The smallest absolute Gasteiger partial charge is 0.341 e. The number of carbonyl (C=O) groups excluding carboxylic acids is 2. The molecule has 1 N–H and O–H groups in total. The molecule has 29 heavy (non-hydrogen) atoms. The molecule has 162 valence electrons. The second kappa shape index (κ2) is 10.8. The lowest BCUT2D eigenvalue weighted by Gasteiger charge is -2.37. The molecule has 2 aliphatic heterocycles. The summed E-state index contributed by atoms with van der Waals surface area (Å²) >= 11 is 0. The molecule has 3 rings (SSSR count). The van der Waals surface area contributed by atoms with Crippen LogP contribution in [-0.2, 0) is 20.8 Å². The predicted octanol–water partition coefficient (Wildman–Crippen LogP) is 1.39. The van der Waals surface area contributed by atoms with E-state index in [1.807, 2.05) is 4.90 Å². The average molecular weight is 520 g/mol. The number of guanidine groups is 1. The van der Waals surface area contributed by atoms with Crippen molar-refractivity contribution in [2.45, 2.75) is 32.4 Å². The second-order valence-corrected chi connectivity index (χ2v) is 6.89. The first-order chi connectivity index (χ1) is 13.5.